The second-order valence-corrected chi connectivity index (χ2v) is 9.88. The van der Waals surface area contributed by atoms with Gasteiger partial charge in [0.05, 0.1) is 30.0 Å². The number of aliphatic hydroxyl groups is 1. The molecule has 1 heterocycles. The third kappa shape index (κ3) is 5.63. The van der Waals surface area contributed by atoms with Crippen molar-refractivity contribution >= 4 is 39.6 Å². The highest BCUT2D eigenvalue weighted by atomic mass is 32.2. The number of anilines is 4. The highest BCUT2D eigenvalue weighted by molar-refractivity contribution is 7.85. The summed E-state index contributed by atoms with van der Waals surface area (Å²) in [5.41, 5.74) is -0.0540. The Morgan fingerprint density at radius 1 is 1.06 bits per heavy atom. The molecule has 1 amide bonds. The summed E-state index contributed by atoms with van der Waals surface area (Å²) in [6.45, 7) is 1.71. The summed E-state index contributed by atoms with van der Waals surface area (Å²) in [4.78, 5) is 14.4. The molecule has 4 rings (SSSR count). The summed E-state index contributed by atoms with van der Waals surface area (Å²) >= 11 is 0. The molecule has 0 aromatic heterocycles. The number of β-amino-alcohol motifs (C(OH)–C–C–N with tert-alkyl or cyclic N) is 1. The molecule has 0 radical (unpaired) electrons. The van der Waals surface area contributed by atoms with Crippen LogP contribution in [0.25, 0.3) is 0 Å². The molecule has 1 saturated heterocycles. The van der Waals surface area contributed by atoms with Crippen molar-refractivity contribution in [2.24, 2.45) is 0 Å². The Kier molecular flexibility index (Phi) is 7.23. The fraction of sp³-hybridized carbons (Fsp3) is 0.240. The molecule has 0 saturated carbocycles. The monoisotopic (exact) mass is 518 g/mol. The Morgan fingerprint density at radius 3 is 2.47 bits per heavy atom. The minimum atomic E-state index is -1.31. The van der Waals surface area contributed by atoms with Gasteiger partial charge in [-0.3, -0.25) is 4.79 Å². The zero-order chi connectivity index (χ0) is 26.0. The van der Waals surface area contributed by atoms with Crippen molar-refractivity contribution < 1.29 is 27.3 Å². The smallest absolute Gasteiger partial charge is 0.256 e. The fourth-order valence-corrected chi connectivity index (χ4v) is 4.38. The molecular weight excluding hydrogens is 493 g/mol. The van der Waals surface area contributed by atoms with Crippen LogP contribution in [0.5, 0.6) is 0 Å². The van der Waals surface area contributed by atoms with Crippen molar-refractivity contribution in [3.05, 3.63) is 83.2 Å². The third-order valence-corrected chi connectivity index (χ3v) is 6.24. The van der Waals surface area contributed by atoms with Gasteiger partial charge in [0.1, 0.15) is 22.4 Å². The molecule has 1 unspecified atom stereocenters. The molecule has 7 nitrogen and oxygen atoms in total. The average Bonchev–Trinajstić information content (AvgIpc) is 2.80. The number of nitrogens with zero attached hydrogens (tertiary/aromatic N) is 1. The van der Waals surface area contributed by atoms with Gasteiger partial charge in [0.2, 0.25) is 0 Å². The van der Waals surface area contributed by atoms with Crippen molar-refractivity contribution in [3.8, 4) is 0 Å². The predicted molar refractivity (Wildman–Crippen MR) is 134 cm³/mol. The summed E-state index contributed by atoms with van der Waals surface area (Å²) in [6, 6.07) is 13.2. The largest absolute Gasteiger partial charge is 0.384 e. The van der Waals surface area contributed by atoms with Gasteiger partial charge in [-0.25, -0.2) is 17.4 Å². The first-order valence-corrected chi connectivity index (χ1v) is 12.6. The van der Waals surface area contributed by atoms with Gasteiger partial charge in [-0.05, 0) is 55.0 Å². The van der Waals surface area contributed by atoms with Gasteiger partial charge in [0.15, 0.2) is 11.6 Å². The van der Waals surface area contributed by atoms with Crippen LogP contribution in [0, 0.1) is 24.4 Å². The van der Waals surface area contributed by atoms with Gasteiger partial charge in [0.25, 0.3) is 5.91 Å². The predicted octanol–water partition coefficient (Wildman–Crippen LogP) is 4.16. The van der Waals surface area contributed by atoms with Gasteiger partial charge >= 0.3 is 0 Å². The maximum Gasteiger partial charge on any atom is 0.256 e. The zero-order valence-electron chi connectivity index (χ0n) is 19.6. The minimum absolute atomic E-state index is 0.0485. The van der Waals surface area contributed by atoms with Crippen LogP contribution < -0.4 is 15.4 Å². The second kappa shape index (κ2) is 10.2. The van der Waals surface area contributed by atoms with Crippen molar-refractivity contribution in [1.82, 2.24) is 4.90 Å². The van der Waals surface area contributed by atoms with Gasteiger partial charge in [-0.1, -0.05) is 12.1 Å². The Balaban J connectivity index is 1.45. The van der Waals surface area contributed by atoms with Crippen LogP contribution in [0.15, 0.2) is 54.6 Å². The molecule has 190 valence electrons. The molecule has 1 atom stereocenters. The number of likely N-dealkylation sites (tertiary alicyclic amines) is 1. The SMILES string of the molecule is Cc1ccc(Nc2c(C(=O)N3CC(O)(CNc4cccc(NS(C)=O)c4)C3)ccc(F)c2F)c(F)c1. The summed E-state index contributed by atoms with van der Waals surface area (Å²) in [7, 11) is -1.23. The zero-order valence-corrected chi connectivity index (χ0v) is 20.4. The maximum atomic E-state index is 14.7. The number of benzene rings is 3. The first-order chi connectivity index (χ1) is 17.0. The third-order valence-electron chi connectivity index (χ3n) is 5.71. The lowest BCUT2D eigenvalue weighted by Crippen LogP contribution is -2.66. The van der Waals surface area contributed by atoms with Gasteiger partial charge in [-0.15, -0.1) is 0 Å². The highest BCUT2D eigenvalue weighted by Gasteiger charge is 2.44. The molecule has 0 aliphatic carbocycles. The fourth-order valence-electron chi connectivity index (χ4n) is 3.92. The molecule has 11 heteroatoms. The Morgan fingerprint density at radius 2 is 1.78 bits per heavy atom. The lowest BCUT2D eigenvalue weighted by Gasteiger charge is -2.46. The first-order valence-electron chi connectivity index (χ1n) is 11.0. The van der Waals surface area contributed by atoms with Crippen LogP contribution in [0.2, 0.25) is 0 Å². The van der Waals surface area contributed by atoms with Gasteiger partial charge in [0, 0.05) is 24.2 Å². The van der Waals surface area contributed by atoms with E-state index in [0.29, 0.717) is 16.9 Å². The summed E-state index contributed by atoms with van der Waals surface area (Å²) in [5, 5.41) is 16.4. The summed E-state index contributed by atoms with van der Waals surface area (Å²) < 4.78 is 57.1. The second-order valence-electron chi connectivity index (χ2n) is 8.77. The molecule has 36 heavy (non-hydrogen) atoms. The molecule has 0 bridgehead atoms. The number of rotatable bonds is 8. The molecule has 3 aromatic rings. The van der Waals surface area contributed by atoms with E-state index in [0.717, 1.165) is 12.1 Å². The topological polar surface area (TPSA) is 93.7 Å². The number of nitrogens with one attached hydrogen (secondary N) is 3. The molecule has 0 spiro atoms. The number of hydrogen-bond donors (Lipinski definition) is 4. The first kappa shape index (κ1) is 25.5. The van der Waals surface area contributed by atoms with E-state index in [9.17, 15) is 27.3 Å². The van der Waals surface area contributed by atoms with Crippen molar-refractivity contribution in [2.45, 2.75) is 12.5 Å². The Hall–Kier alpha value is -3.57. The maximum absolute atomic E-state index is 14.7. The van der Waals surface area contributed by atoms with Crippen LogP contribution in [-0.2, 0) is 11.0 Å². The van der Waals surface area contributed by atoms with Gasteiger partial charge < -0.3 is 25.4 Å². The van der Waals surface area contributed by atoms with Crippen molar-refractivity contribution in [3.63, 3.8) is 0 Å². The summed E-state index contributed by atoms with van der Waals surface area (Å²) in [5.74, 6) is -3.80. The van der Waals surface area contributed by atoms with E-state index in [1.807, 2.05) is 0 Å². The number of carbonyl (C=O) groups is 1. The van der Waals surface area contributed by atoms with Crippen LogP contribution in [0.3, 0.4) is 0 Å². The Bertz CT molecular complexity index is 1330. The highest BCUT2D eigenvalue weighted by Crippen LogP contribution is 2.32. The van der Waals surface area contributed by atoms with Crippen LogP contribution in [-0.4, -0.2) is 51.6 Å². The molecule has 1 fully saturated rings. The standard InChI is InChI=1S/C25H25F3N4O3S/c1-15-6-9-21(20(27)10-15)30-23-18(7-8-19(26)22(23)28)24(33)32-13-25(34,14-32)12-29-16-4-3-5-17(11-16)31-36(2)35/h3-11,29-31,34H,12-14H2,1-2H3. The van der Waals surface area contributed by atoms with Crippen molar-refractivity contribution in [2.75, 3.05) is 41.2 Å². The number of hydrogen-bond acceptors (Lipinski definition) is 5. The van der Waals surface area contributed by atoms with E-state index >= 15 is 0 Å². The molecule has 1 aliphatic rings. The van der Waals surface area contributed by atoms with Crippen molar-refractivity contribution in [1.29, 1.82) is 0 Å². The average molecular weight is 519 g/mol. The lowest BCUT2D eigenvalue weighted by atomic mass is 9.92. The van der Waals surface area contributed by atoms with E-state index in [1.54, 1.807) is 37.3 Å². The van der Waals surface area contributed by atoms with Crippen LogP contribution >= 0.6 is 0 Å². The number of halogens is 3. The van der Waals surface area contributed by atoms with E-state index in [1.165, 1.54) is 23.3 Å². The van der Waals surface area contributed by atoms with Crippen LogP contribution in [0.4, 0.5) is 35.9 Å². The van der Waals surface area contributed by atoms with E-state index in [4.69, 9.17) is 0 Å². The van der Waals surface area contributed by atoms with Gasteiger partial charge in [-0.2, -0.15) is 0 Å². The Labute approximate surface area is 208 Å². The molecular formula is C25H25F3N4O3S. The number of carbonyl (C=O) groups excluding carboxylic acids is 1. The number of amides is 1. The molecule has 1 aliphatic heterocycles. The van der Waals surface area contributed by atoms with E-state index in [2.05, 4.69) is 15.4 Å². The van der Waals surface area contributed by atoms with Crippen LogP contribution in [0.1, 0.15) is 15.9 Å². The number of aryl methyl sites for hydroxylation is 1. The normalized spacial score (nSPS) is 15.1. The molecule has 3 aromatic carbocycles. The quantitative estimate of drug-likeness (QED) is 0.359. The minimum Gasteiger partial charge on any atom is -0.384 e. The lowest BCUT2D eigenvalue weighted by molar-refractivity contribution is -0.0706. The van der Waals surface area contributed by atoms with E-state index < -0.39 is 45.6 Å². The van der Waals surface area contributed by atoms with E-state index in [-0.39, 0.29) is 30.9 Å². The molecule has 4 N–H and O–H groups in total. The summed E-state index contributed by atoms with van der Waals surface area (Å²) in [6.07, 6.45) is 1.51.